The van der Waals surface area contributed by atoms with E-state index in [1.165, 1.54) is 96.3 Å². The molecule has 0 aromatic carbocycles. The number of hydrogen-bond acceptors (Lipinski definition) is 8. The number of ether oxygens (including phenoxy) is 2. The molecule has 3 atom stereocenters. The molecule has 0 rings (SSSR count). The zero-order chi connectivity index (χ0) is 38.4. The summed E-state index contributed by atoms with van der Waals surface area (Å²) in [5, 5.41) is 8.88. The number of hydrogen-bond donors (Lipinski definition) is 3. The topological polar surface area (TPSA) is 155 Å². The Balaban J connectivity index is 4.26. The molecule has 3 unspecified atom stereocenters. The summed E-state index contributed by atoms with van der Waals surface area (Å²) in [7, 11) is -4.61. The third-order valence-corrected chi connectivity index (χ3v) is 9.93. The molecule has 0 fully saturated rings. The normalized spacial score (nSPS) is 14.2. The number of rotatable bonds is 40. The van der Waals surface area contributed by atoms with Gasteiger partial charge in [-0.1, -0.05) is 167 Å². The van der Waals surface area contributed by atoms with Crippen LogP contribution in [0.15, 0.2) is 24.3 Å². The third-order valence-electron chi connectivity index (χ3n) is 8.98. The smallest absolute Gasteiger partial charge is 0.472 e. The first-order valence-corrected chi connectivity index (χ1v) is 22.4. The van der Waals surface area contributed by atoms with Crippen LogP contribution in [-0.2, 0) is 32.7 Å². The third kappa shape index (κ3) is 36.8. The van der Waals surface area contributed by atoms with Crippen LogP contribution in [-0.4, -0.2) is 60.5 Å². The van der Waals surface area contributed by atoms with Crippen LogP contribution < -0.4 is 5.73 Å². The van der Waals surface area contributed by atoms with Crippen molar-refractivity contribution in [1.29, 1.82) is 0 Å². The Bertz CT molecular complexity index is 930. The Morgan fingerprint density at radius 1 is 0.615 bits per heavy atom. The van der Waals surface area contributed by atoms with Crippen LogP contribution in [0, 0.1) is 0 Å². The Morgan fingerprint density at radius 3 is 1.62 bits per heavy atom. The number of phosphoric acid groups is 1. The lowest BCUT2D eigenvalue weighted by Crippen LogP contribution is -2.34. The van der Waals surface area contributed by atoms with E-state index in [0.717, 1.165) is 64.2 Å². The maximum Gasteiger partial charge on any atom is 0.472 e. The van der Waals surface area contributed by atoms with E-state index in [1.807, 2.05) is 0 Å². The van der Waals surface area contributed by atoms with E-state index in [9.17, 15) is 19.0 Å². The molecule has 0 aliphatic rings. The summed E-state index contributed by atoms with van der Waals surface area (Å²) in [4.78, 5) is 33.5. The van der Waals surface area contributed by atoms with Gasteiger partial charge in [-0.2, -0.15) is 0 Å². The highest BCUT2D eigenvalue weighted by Gasteiger charge is 2.27. The van der Waals surface area contributed by atoms with Crippen molar-refractivity contribution in [2.45, 2.75) is 199 Å². The molecule has 0 spiro atoms. The van der Waals surface area contributed by atoms with Gasteiger partial charge in [0.15, 0.2) is 0 Å². The van der Waals surface area contributed by atoms with Gasteiger partial charge in [-0.05, 0) is 38.5 Å². The second-order valence-corrected chi connectivity index (χ2v) is 15.6. The molecule has 0 saturated heterocycles. The number of carbonyl (C=O) groups is 2. The van der Waals surface area contributed by atoms with Crippen LogP contribution in [0.25, 0.3) is 0 Å². The maximum absolute atomic E-state index is 12.6. The first-order chi connectivity index (χ1) is 25.2. The zero-order valence-electron chi connectivity index (χ0n) is 33.2. The Hall–Kier alpha value is -1.55. The Labute approximate surface area is 317 Å². The van der Waals surface area contributed by atoms with E-state index in [-0.39, 0.29) is 13.0 Å². The van der Waals surface area contributed by atoms with Crippen LogP contribution in [0.2, 0.25) is 0 Å². The van der Waals surface area contributed by atoms with E-state index in [1.54, 1.807) is 0 Å². The predicted octanol–water partition coefficient (Wildman–Crippen LogP) is 11.1. The highest BCUT2D eigenvalue weighted by Crippen LogP contribution is 2.43. The second-order valence-electron chi connectivity index (χ2n) is 14.1. The fourth-order valence-corrected chi connectivity index (χ4v) is 6.46. The lowest BCUT2D eigenvalue weighted by molar-refractivity contribution is -0.154. The van der Waals surface area contributed by atoms with E-state index in [0.29, 0.717) is 13.0 Å². The van der Waals surface area contributed by atoms with Gasteiger partial charge in [0.1, 0.15) is 12.1 Å². The lowest BCUT2D eigenvalue weighted by Gasteiger charge is -2.20. The molecule has 0 radical (unpaired) electrons. The second kappa shape index (κ2) is 37.8. The van der Waals surface area contributed by atoms with Gasteiger partial charge in [0.2, 0.25) is 0 Å². The monoisotopic (exact) mass is 760 g/mol. The van der Waals surface area contributed by atoms with Crippen molar-refractivity contribution in [3.63, 3.8) is 0 Å². The minimum absolute atomic E-state index is 0.0150. The first-order valence-electron chi connectivity index (χ1n) is 20.9. The van der Waals surface area contributed by atoms with Crippen molar-refractivity contribution in [2.24, 2.45) is 5.73 Å². The Kier molecular flexibility index (Phi) is 36.6. The molecule has 52 heavy (non-hydrogen) atoms. The molecule has 11 heteroatoms. The van der Waals surface area contributed by atoms with Crippen molar-refractivity contribution >= 4 is 19.8 Å². The summed E-state index contributed by atoms with van der Waals surface area (Å²) in [6, 6.07) is -1.47. The average Bonchev–Trinajstić information content (AvgIpc) is 3.12. The number of unbranched alkanes of at least 4 members (excludes halogenated alkanes) is 22. The van der Waals surface area contributed by atoms with Crippen LogP contribution in [0.4, 0.5) is 0 Å². The molecule has 10 nitrogen and oxygen atoms in total. The standard InChI is InChI=1S/C41H78NO9P/c1-3-5-7-9-11-13-15-17-19-20-22-24-26-28-30-32-34-48-35-38(36-49-52(46,47)50-37-39(42)41(44)45)51-40(43)33-31-29-27-25-23-21-18-16-14-12-10-8-6-4-2/h10,12,16,18,38-39H,3-9,11,13-15,17,19-37,42H2,1-2H3,(H,44,45)(H,46,47)/b12-10-,18-16-. The number of phosphoric ester groups is 1. The van der Waals surface area contributed by atoms with Gasteiger partial charge in [-0.3, -0.25) is 18.6 Å². The molecule has 0 heterocycles. The highest BCUT2D eigenvalue weighted by atomic mass is 31.2. The van der Waals surface area contributed by atoms with Crippen molar-refractivity contribution < 1.29 is 42.7 Å². The lowest BCUT2D eigenvalue weighted by atomic mass is 10.0. The highest BCUT2D eigenvalue weighted by molar-refractivity contribution is 7.47. The largest absolute Gasteiger partial charge is 0.480 e. The van der Waals surface area contributed by atoms with Gasteiger partial charge in [0.05, 0.1) is 19.8 Å². The molecule has 4 N–H and O–H groups in total. The van der Waals surface area contributed by atoms with Gasteiger partial charge < -0.3 is 25.2 Å². The minimum Gasteiger partial charge on any atom is -0.480 e. The number of carboxylic acids is 1. The van der Waals surface area contributed by atoms with E-state index >= 15 is 0 Å². The van der Waals surface area contributed by atoms with Crippen LogP contribution in [0.1, 0.15) is 187 Å². The molecular formula is C41H78NO9P. The van der Waals surface area contributed by atoms with Gasteiger partial charge in [0, 0.05) is 13.0 Å². The minimum atomic E-state index is -4.61. The number of aliphatic carboxylic acids is 1. The molecular weight excluding hydrogens is 681 g/mol. The summed E-state index contributed by atoms with van der Waals surface area (Å²) in [5.41, 5.74) is 5.35. The fourth-order valence-electron chi connectivity index (χ4n) is 5.68. The van der Waals surface area contributed by atoms with Gasteiger partial charge in [-0.15, -0.1) is 0 Å². The number of allylic oxidation sites excluding steroid dienone is 4. The molecule has 0 amide bonds. The van der Waals surface area contributed by atoms with Crippen molar-refractivity contribution in [3.8, 4) is 0 Å². The molecule has 0 aromatic rings. The summed E-state index contributed by atoms with van der Waals surface area (Å²) in [5.74, 6) is -1.79. The number of nitrogens with two attached hydrogens (primary N) is 1. The SMILES string of the molecule is CCCC/C=C\C/C=C\CCCCCCCC(=O)OC(COCCCCCCCCCCCCCCCCCC)COP(=O)(O)OCC(N)C(=O)O. The number of carbonyl (C=O) groups excluding carboxylic acids is 1. The summed E-state index contributed by atoms with van der Waals surface area (Å²) >= 11 is 0. The van der Waals surface area contributed by atoms with Gasteiger partial charge in [-0.25, -0.2) is 4.57 Å². The molecule has 0 aliphatic carbocycles. The maximum atomic E-state index is 12.6. The summed E-state index contributed by atoms with van der Waals surface area (Å²) in [6.07, 6.45) is 39.4. The van der Waals surface area contributed by atoms with E-state index in [4.69, 9.17) is 29.4 Å². The molecule has 306 valence electrons. The zero-order valence-corrected chi connectivity index (χ0v) is 34.1. The molecule has 0 aromatic heterocycles. The Morgan fingerprint density at radius 2 is 1.08 bits per heavy atom. The van der Waals surface area contributed by atoms with Crippen LogP contribution in [0.5, 0.6) is 0 Å². The van der Waals surface area contributed by atoms with Gasteiger partial charge >= 0.3 is 19.8 Å². The van der Waals surface area contributed by atoms with E-state index < -0.39 is 45.1 Å². The van der Waals surface area contributed by atoms with E-state index in [2.05, 4.69) is 38.2 Å². The first kappa shape index (κ1) is 50.5. The average molecular weight is 760 g/mol. The predicted molar refractivity (Wildman–Crippen MR) is 212 cm³/mol. The summed E-state index contributed by atoms with van der Waals surface area (Å²) in [6.45, 7) is 3.84. The molecule has 0 saturated carbocycles. The van der Waals surface area contributed by atoms with Crippen LogP contribution in [0.3, 0.4) is 0 Å². The fraction of sp³-hybridized carbons (Fsp3) is 0.854. The number of esters is 1. The van der Waals surface area contributed by atoms with Crippen LogP contribution >= 0.6 is 7.82 Å². The molecule has 0 aliphatic heterocycles. The van der Waals surface area contributed by atoms with Crippen molar-refractivity contribution in [3.05, 3.63) is 24.3 Å². The summed E-state index contributed by atoms with van der Waals surface area (Å²) < 4.78 is 33.3. The number of carboxylic acid groups (broad SMARTS) is 1. The quantitative estimate of drug-likeness (QED) is 0.0238. The van der Waals surface area contributed by atoms with Gasteiger partial charge in [0.25, 0.3) is 0 Å². The molecule has 0 bridgehead atoms. The van der Waals surface area contributed by atoms with Crippen molar-refractivity contribution in [2.75, 3.05) is 26.4 Å². The van der Waals surface area contributed by atoms with Crippen molar-refractivity contribution in [1.82, 2.24) is 0 Å².